The first kappa shape index (κ1) is 17.1. The molecular weight excluding hydrogens is 290 g/mol. The van der Waals surface area contributed by atoms with E-state index >= 15 is 0 Å². The summed E-state index contributed by atoms with van der Waals surface area (Å²) in [6, 6.07) is 8.12. The van der Waals surface area contributed by atoms with Gasteiger partial charge in [0.25, 0.3) is 5.91 Å². The SMILES string of the molecule is CCC(C)N(C)CCNC(=O)c1ccc(Cn2cncn2)cc1. The summed E-state index contributed by atoms with van der Waals surface area (Å²) in [6.07, 6.45) is 4.30. The summed E-state index contributed by atoms with van der Waals surface area (Å²) in [7, 11) is 2.08. The highest BCUT2D eigenvalue weighted by atomic mass is 16.1. The maximum Gasteiger partial charge on any atom is 0.251 e. The zero-order valence-electron chi connectivity index (χ0n) is 14.1. The normalized spacial score (nSPS) is 12.3. The minimum atomic E-state index is -0.0325. The fourth-order valence-electron chi connectivity index (χ4n) is 2.24. The van der Waals surface area contributed by atoms with Crippen LogP contribution in [0.5, 0.6) is 0 Å². The van der Waals surface area contributed by atoms with Crippen LogP contribution in [0.3, 0.4) is 0 Å². The number of carbonyl (C=O) groups is 1. The standard InChI is InChI=1S/C17H25N5O/c1-4-14(2)21(3)10-9-19-17(23)16-7-5-15(6-8-16)11-22-13-18-12-20-22/h5-8,12-14H,4,9-11H2,1-3H3,(H,19,23). The fourth-order valence-corrected chi connectivity index (χ4v) is 2.24. The molecule has 1 aromatic carbocycles. The second kappa shape index (κ2) is 8.43. The summed E-state index contributed by atoms with van der Waals surface area (Å²) in [5.74, 6) is -0.0325. The number of carbonyl (C=O) groups excluding carboxylic acids is 1. The Morgan fingerprint density at radius 2 is 2.09 bits per heavy atom. The topological polar surface area (TPSA) is 63.1 Å². The molecule has 6 heteroatoms. The third kappa shape index (κ3) is 5.17. The van der Waals surface area contributed by atoms with E-state index in [1.165, 1.54) is 6.33 Å². The van der Waals surface area contributed by atoms with Crippen LogP contribution in [0.1, 0.15) is 36.2 Å². The highest BCUT2D eigenvalue weighted by molar-refractivity contribution is 5.94. The van der Waals surface area contributed by atoms with Crippen LogP contribution in [0, 0.1) is 0 Å². The predicted octanol–water partition coefficient (Wildman–Crippen LogP) is 1.79. The van der Waals surface area contributed by atoms with Gasteiger partial charge in [-0.1, -0.05) is 19.1 Å². The van der Waals surface area contributed by atoms with Gasteiger partial charge in [-0.15, -0.1) is 0 Å². The van der Waals surface area contributed by atoms with Gasteiger partial charge in [0, 0.05) is 24.7 Å². The molecule has 1 atom stereocenters. The van der Waals surface area contributed by atoms with Crippen molar-refractivity contribution < 1.29 is 4.79 Å². The molecule has 0 radical (unpaired) electrons. The van der Waals surface area contributed by atoms with Gasteiger partial charge in [0.2, 0.25) is 0 Å². The Morgan fingerprint density at radius 3 is 2.70 bits per heavy atom. The van der Waals surface area contributed by atoms with Gasteiger partial charge in [-0.2, -0.15) is 5.10 Å². The van der Waals surface area contributed by atoms with Crippen LogP contribution in [-0.2, 0) is 6.54 Å². The van der Waals surface area contributed by atoms with Gasteiger partial charge in [-0.3, -0.25) is 4.79 Å². The van der Waals surface area contributed by atoms with Crippen molar-refractivity contribution in [2.45, 2.75) is 32.9 Å². The number of likely N-dealkylation sites (N-methyl/N-ethyl adjacent to an activating group) is 1. The molecule has 2 aromatic rings. The van der Waals surface area contributed by atoms with Crippen LogP contribution in [0.25, 0.3) is 0 Å². The number of nitrogens with zero attached hydrogens (tertiary/aromatic N) is 4. The van der Waals surface area contributed by atoms with Crippen LogP contribution in [0.2, 0.25) is 0 Å². The van der Waals surface area contributed by atoms with Gasteiger partial charge in [0.15, 0.2) is 0 Å². The third-order valence-electron chi connectivity index (χ3n) is 4.12. The van der Waals surface area contributed by atoms with Crippen LogP contribution in [0.15, 0.2) is 36.9 Å². The van der Waals surface area contributed by atoms with Crippen LogP contribution in [0.4, 0.5) is 0 Å². The quantitative estimate of drug-likeness (QED) is 0.806. The van der Waals surface area contributed by atoms with Crippen molar-refractivity contribution in [3.8, 4) is 0 Å². The lowest BCUT2D eigenvalue weighted by atomic mass is 10.1. The second-order valence-electron chi connectivity index (χ2n) is 5.78. The van der Waals surface area contributed by atoms with Gasteiger partial charge < -0.3 is 10.2 Å². The van der Waals surface area contributed by atoms with Crippen LogP contribution < -0.4 is 5.32 Å². The van der Waals surface area contributed by atoms with Crippen LogP contribution in [-0.4, -0.2) is 51.8 Å². The van der Waals surface area contributed by atoms with E-state index < -0.39 is 0 Å². The summed E-state index contributed by atoms with van der Waals surface area (Å²) in [5.41, 5.74) is 1.77. The maximum absolute atomic E-state index is 12.1. The van der Waals surface area contributed by atoms with E-state index in [2.05, 4.69) is 41.2 Å². The van der Waals surface area contributed by atoms with Crippen LogP contribution >= 0.6 is 0 Å². The third-order valence-corrected chi connectivity index (χ3v) is 4.12. The van der Waals surface area contributed by atoms with E-state index in [1.54, 1.807) is 11.0 Å². The molecule has 0 aliphatic carbocycles. The molecule has 1 N–H and O–H groups in total. The smallest absolute Gasteiger partial charge is 0.251 e. The molecule has 6 nitrogen and oxygen atoms in total. The lowest BCUT2D eigenvalue weighted by Crippen LogP contribution is -2.37. The molecule has 0 aliphatic heterocycles. The van der Waals surface area contributed by atoms with Crippen molar-refractivity contribution in [1.82, 2.24) is 25.0 Å². The summed E-state index contributed by atoms with van der Waals surface area (Å²) in [6.45, 7) is 6.52. The molecule has 0 saturated carbocycles. The zero-order chi connectivity index (χ0) is 16.7. The molecule has 0 aliphatic rings. The number of hydrogen-bond donors (Lipinski definition) is 1. The lowest BCUT2D eigenvalue weighted by Gasteiger charge is -2.23. The highest BCUT2D eigenvalue weighted by Gasteiger charge is 2.08. The molecule has 124 valence electrons. The van der Waals surface area contributed by atoms with Crippen molar-refractivity contribution in [3.05, 3.63) is 48.0 Å². The van der Waals surface area contributed by atoms with E-state index in [9.17, 15) is 4.79 Å². The minimum Gasteiger partial charge on any atom is -0.351 e. The number of amides is 1. The number of hydrogen-bond acceptors (Lipinski definition) is 4. The molecule has 2 rings (SSSR count). The minimum absolute atomic E-state index is 0.0325. The zero-order valence-corrected chi connectivity index (χ0v) is 14.1. The Labute approximate surface area is 137 Å². The number of rotatable bonds is 8. The highest BCUT2D eigenvalue weighted by Crippen LogP contribution is 2.06. The van der Waals surface area contributed by atoms with Crippen molar-refractivity contribution in [2.75, 3.05) is 20.1 Å². The van der Waals surface area contributed by atoms with Gasteiger partial charge in [-0.25, -0.2) is 9.67 Å². The summed E-state index contributed by atoms with van der Waals surface area (Å²) < 4.78 is 1.75. The Kier molecular flexibility index (Phi) is 6.29. The number of benzene rings is 1. The Hall–Kier alpha value is -2.21. The summed E-state index contributed by atoms with van der Waals surface area (Å²) in [5, 5.41) is 7.03. The Morgan fingerprint density at radius 1 is 1.35 bits per heavy atom. The molecule has 0 saturated heterocycles. The first-order chi connectivity index (χ1) is 11.1. The molecule has 23 heavy (non-hydrogen) atoms. The molecule has 0 bridgehead atoms. The molecule has 1 amide bonds. The van der Waals surface area contributed by atoms with E-state index in [0.717, 1.165) is 18.5 Å². The molecule has 1 unspecified atom stereocenters. The van der Waals surface area contributed by atoms with Gasteiger partial charge in [-0.05, 0) is 38.1 Å². The van der Waals surface area contributed by atoms with E-state index in [1.807, 2.05) is 24.3 Å². The van der Waals surface area contributed by atoms with E-state index in [-0.39, 0.29) is 5.91 Å². The van der Waals surface area contributed by atoms with Crippen molar-refractivity contribution in [2.24, 2.45) is 0 Å². The van der Waals surface area contributed by atoms with Gasteiger partial charge in [0.1, 0.15) is 12.7 Å². The average molecular weight is 315 g/mol. The largest absolute Gasteiger partial charge is 0.351 e. The maximum atomic E-state index is 12.1. The number of aromatic nitrogens is 3. The van der Waals surface area contributed by atoms with Gasteiger partial charge in [0.05, 0.1) is 6.54 Å². The van der Waals surface area contributed by atoms with Gasteiger partial charge >= 0.3 is 0 Å². The van der Waals surface area contributed by atoms with Crippen molar-refractivity contribution in [3.63, 3.8) is 0 Å². The fraction of sp³-hybridized carbons (Fsp3) is 0.471. The lowest BCUT2D eigenvalue weighted by molar-refractivity contribution is 0.0947. The molecule has 0 fully saturated rings. The average Bonchev–Trinajstić information content (AvgIpc) is 3.07. The molecular formula is C17H25N5O. The second-order valence-corrected chi connectivity index (χ2v) is 5.78. The first-order valence-electron chi connectivity index (χ1n) is 8.00. The Bertz CT molecular complexity index is 594. The molecule has 0 spiro atoms. The van der Waals surface area contributed by atoms with E-state index in [4.69, 9.17) is 0 Å². The van der Waals surface area contributed by atoms with Crippen molar-refractivity contribution >= 4 is 5.91 Å². The predicted molar refractivity (Wildman–Crippen MR) is 90.3 cm³/mol. The summed E-state index contributed by atoms with van der Waals surface area (Å²) >= 11 is 0. The number of nitrogens with one attached hydrogen (secondary N) is 1. The monoisotopic (exact) mass is 315 g/mol. The molecule has 1 aromatic heterocycles. The van der Waals surface area contributed by atoms with E-state index in [0.29, 0.717) is 24.7 Å². The Balaban J connectivity index is 1.81. The summed E-state index contributed by atoms with van der Waals surface area (Å²) in [4.78, 5) is 18.3. The van der Waals surface area contributed by atoms with Crippen molar-refractivity contribution in [1.29, 1.82) is 0 Å². The first-order valence-corrected chi connectivity index (χ1v) is 8.00. The molecule has 1 heterocycles.